The second-order valence-electron chi connectivity index (χ2n) is 16.6. The molecule has 23 heteroatoms. The SMILES string of the molecule is NCc1ccc(COc2nc(N)nc3nc[nH]c23)cc1.[C-]#[N+]/C(=C\C#Cc1ccc(N(C)CCO)cc1)C(=O)NCc1ccc(COc2nc(N)nc3nc[nH]c23)cc1.[C-]#[N+]/C(=C\C#Cc1ccc(N(C)CCO)cc1)C(=O)O. The largest absolute Gasteiger partial charge is 0.486 e. The first-order chi connectivity index (χ1) is 38.3. The summed E-state index contributed by atoms with van der Waals surface area (Å²) in [7, 11) is 3.76. The van der Waals surface area contributed by atoms with Gasteiger partial charge in [-0.1, -0.05) is 72.2 Å². The number of nitrogens with one attached hydrogen (secondary N) is 3. The molecule has 0 fully saturated rings. The number of allylic oxidation sites excluding steroid dienone is 2. The summed E-state index contributed by atoms with van der Waals surface area (Å²) in [6.45, 7) is 16.6. The Labute approximate surface area is 454 Å². The number of ether oxygens (including phenoxy) is 2. The number of imidazole rings is 2. The number of aliphatic hydroxyl groups is 2. The van der Waals surface area contributed by atoms with Crippen LogP contribution in [-0.4, -0.2) is 107 Å². The highest BCUT2D eigenvalue weighted by Gasteiger charge is 2.13. The van der Waals surface area contributed by atoms with Crippen LogP contribution in [0.15, 0.2) is 133 Å². The number of aliphatic carboxylic acids is 1. The van der Waals surface area contributed by atoms with E-state index in [0.717, 1.165) is 50.8 Å². The first kappa shape index (κ1) is 57.5. The lowest BCUT2D eigenvalue weighted by Gasteiger charge is -2.17. The lowest BCUT2D eigenvalue weighted by molar-refractivity contribution is -0.132. The van der Waals surface area contributed by atoms with Crippen molar-refractivity contribution in [1.82, 2.24) is 45.2 Å². The number of benzene rings is 4. The third-order valence-corrected chi connectivity index (χ3v) is 11.1. The van der Waals surface area contributed by atoms with Crippen molar-refractivity contribution in [2.75, 3.05) is 61.7 Å². The third-order valence-electron chi connectivity index (χ3n) is 11.1. The molecule has 0 saturated heterocycles. The number of fused-ring (bicyclic) bond motifs is 2. The second-order valence-corrected chi connectivity index (χ2v) is 16.6. The number of likely N-dealkylation sites (N-methyl/N-ethyl adjacent to an activating group) is 2. The lowest BCUT2D eigenvalue weighted by Crippen LogP contribution is -2.23. The van der Waals surface area contributed by atoms with Crippen molar-refractivity contribution in [1.29, 1.82) is 0 Å². The van der Waals surface area contributed by atoms with Gasteiger partial charge in [0.1, 0.15) is 24.2 Å². The summed E-state index contributed by atoms with van der Waals surface area (Å²) in [4.78, 5) is 63.2. The molecule has 0 aliphatic rings. The van der Waals surface area contributed by atoms with E-state index in [1.54, 1.807) is 12.1 Å². The Morgan fingerprint density at radius 2 is 1.06 bits per heavy atom. The number of rotatable bonds is 17. The maximum Gasteiger partial charge on any atom is 0.334 e. The zero-order chi connectivity index (χ0) is 56.5. The number of nitrogen functional groups attached to an aromatic ring is 2. The zero-order valence-corrected chi connectivity index (χ0v) is 42.9. The zero-order valence-electron chi connectivity index (χ0n) is 42.9. The Kier molecular flexibility index (Phi) is 21.3. The Hall–Kier alpha value is -10.8. The maximum absolute atomic E-state index is 12.5. The normalized spacial score (nSPS) is 10.7. The topological polar surface area (TPSA) is 328 Å². The molecule has 0 saturated carbocycles. The van der Waals surface area contributed by atoms with Crippen molar-refractivity contribution >= 4 is 57.5 Å². The average Bonchev–Trinajstić information content (AvgIpc) is 4.18. The van der Waals surface area contributed by atoms with E-state index in [0.29, 0.717) is 60.3 Å². The molecule has 12 N–H and O–H groups in total. The van der Waals surface area contributed by atoms with Crippen molar-refractivity contribution in [3.8, 4) is 35.4 Å². The summed E-state index contributed by atoms with van der Waals surface area (Å²) in [5.74, 6) is 10.2. The van der Waals surface area contributed by atoms with E-state index in [9.17, 15) is 9.59 Å². The monoisotopic (exact) mass is 1060 g/mol. The average molecular weight is 1060 g/mol. The highest BCUT2D eigenvalue weighted by atomic mass is 16.5. The quantitative estimate of drug-likeness (QED) is 0.0338. The Morgan fingerprint density at radius 3 is 1.47 bits per heavy atom. The van der Waals surface area contributed by atoms with Crippen LogP contribution in [0.2, 0.25) is 0 Å². The lowest BCUT2D eigenvalue weighted by atomic mass is 10.1. The number of carbonyl (C=O) groups excluding carboxylic acids is 1. The summed E-state index contributed by atoms with van der Waals surface area (Å²) in [5, 5.41) is 29.3. The highest BCUT2D eigenvalue weighted by Crippen LogP contribution is 2.23. The van der Waals surface area contributed by atoms with Gasteiger partial charge in [0, 0.05) is 74.9 Å². The van der Waals surface area contributed by atoms with Crippen molar-refractivity contribution in [2.45, 2.75) is 26.3 Å². The molecular formula is C56H54N16O7. The van der Waals surface area contributed by atoms with Crippen molar-refractivity contribution in [3.05, 3.63) is 189 Å². The molecule has 79 heavy (non-hydrogen) atoms. The number of nitrogens with two attached hydrogens (primary N) is 3. The molecule has 8 aromatic rings. The number of aromatic nitrogens is 8. The fourth-order valence-corrected chi connectivity index (χ4v) is 6.78. The number of hydrogen-bond donors (Lipinski definition) is 9. The molecule has 0 spiro atoms. The molecule has 4 aromatic carbocycles. The number of H-pyrrole nitrogens is 2. The number of hydrogen-bond acceptors (Lipinski definition) is 17. The molecule has 0 bridgehead atoms. The van der Waals surface area contributed by atoms with Gasteiger partial charge in [-0.3, -0.25) is 9.59 Å². The van der Waals surface area contributed by atoms with E-state index in [1.165, 1.54) is 18.7 Å². The van der Waals surface area contributed by atoms with Crippen molar-refractivity contribution in [3.63, 3.8) is 0 Å². The number of carboxylic acids is 1. The highest BCUT2D eigenvalue weighted by molar-refractivity contribution is 5.95. The number of amides is 1. The number of carbonyl (C=O) groups is 2. The molecule has 8 rings (SSSR count). The predicted molar refractivity (Wildman–Crippen MR) is 298 cm³/mol. The fourth-order valence-electron chi connectivity index (χ4n) is 6.78. The maximum atomic E-state index is 12.5. The van der Waals surface area contributed by atoms with Gasteiger partial charge in [-0.15, -0.1) is 0 Å². The van der Waals surface area contributed by atoms with Gasteiger partial charge in [0.25, 0.3) is 17.3 Å². The van der Waals surface area contributed by atoms with Crippen LogP contribution in [-0.2, 0) is 35.9 Å². The van der Waals surface area contributed by atoms with E-state index in [4.69, 9.17) is 55.1 Å². The van der Waals surface area contributed by atoms with Crippen LogP contribution in [0.5, 0.6) is 11.8 Å². The van der Waals surface area contributed by atoms with Gasteiger partial charge in [0.2, 0.25) is 23.7 Å². The molecule has 0 radical (unpaired) electrons. The molecular weight excluding hydrogens is 1010 g/mol. The summed E-state index contributed by atoms with van der Waals surface area (Å²) in [6, 6.07) is 30.1. The van der Waals surface area contributed by atoms with Crippen LogP contribution < -0.4 is 41.8 Å². The number of anilines is 4. The first-order valence-electron chi connectivity index (χ1n) is 23.9. The van der Waals surface area contributed by atoms with Crippen molar-refractivity contribution < 1.29 is 34.4 Å². The van der Waals surface area contributed by atoms with Crippen LogP contribution in [0.25, 0.3) is 32.0 Å². The predicted octanol–water partition coefficient (Wildman–Crippen LogP) is 4.74. The van der Waals surface area contributed by atoms with Gasteiger partial charge < -0.3 is 67.1 Å². The molecule has 4 aromatic heterocycles. The minimum Gasteiger partial charge on any atom is -0.486 e. The number of aromatic amines is 2. The van der Waals surface area contributed by atoms with Crippen molar-refractivity contribution in [2.24, 2.45) is 5.73 Å². The summed E-state index contributed by atoms with van der Waals surface area (Å²) in [5.41, 5.74) is 25.7. The van der Waals surface area contributed by atoms with Crippen LogP contribution in [0.4, 0.5) is 23.3 Å². The van der Waals surface area contributed by atoms with Crippen LogP contribution >= 0.6 is 0 Å². The molecule has 0 atom stereocenters. The van der Waals surface area contributed by atoms with Gasteiger partial charge >= 0.3 is 5.97 Å². The smallest absolute Gasteiger partial charge is 0.334 e. The minimum atomic E-state index is -1.28. The van der Waals surface area contributed by atoms with E-state index >= 15 is 0 Å². The second kappa shape index (κ2) is 29.3. The summed E-state index contributed by atoms with van der Waals surface area (Å²) < 4.78 is 11.5. The van der Waals surface area contributed by atoms with Crippen LogP contribution in [0.1, 0.15) is 33.4 Å². The van der Waals surface area contributed by atoms with E-state index in [2.05, 4.69) is 78.6 Å². The molecule has 400 valence electrons. The Morgan fingerprint density at radius 1 is 0.646 bits per heavy atom. The molecule has 0 aliphatic carbocycles. The van der Waals surface area contributed by atoms with Gasteiger partial charge in [-0.25, -0.2) is 19.7 Å². The van der Waals surface area contributed by atoms with Gasteiger partial charge in [0.15, 0.2) is 11.3 Å². The number of aliphatic hydroxyl groups excluding tert-OH is 2. The molecule has 23 nitrogen and oxygen atoms in total. The minimum absolute atomic E-state index is 0.0711. The molecule has 0 aliphatic heterocycles. The molecule has 1 amide bonds. The van der Waals surface area contributed by atoms with Gasteiger partial charge in [0.05, 0.1) is 39.0 Å². The number of nitrogens with zero attached hydrogens (tertiary/aromatic N) is 10. The van der Waals surface area contributed by atoms with E-state index in [-0.39, 0.29) is 44.0 Å². The molecule has 4 heterocycles. The summed E-state index contributed by atoms with van der Waals surface area (Å²) >= 11 is 0. The van der Waals surface area contributed by atoms with Crippen LogP contribution in [0, 0.1) is 36.8 Å². The van der Waals surface area contributed by atoms with Crippen LogP contribution in [0.3, 0.4) is 0 Å². The van der Waals surface area contributed by atoms with E-state index < -0.39 is 17.6 Å². The number of carboxylic acid groups (broad SMARTS) is 1. The standard InChI is InChI=1S/C28H26N8O3.C15H14N2O3.C13H14N6O/c1-30-23(5-3-4-19-10-12-22(13-11-19)36(2)14-15-37)26(38)31-16-20-6-8-21(9-7-20)17-39-27-24-25(33-18-32-24)34-28(29)35-27;1-16-14(15(19)20)5-3-4-12-6-8-13(9-7-12)17(2)10-11-18;14-5-8-1-3-9(4-2-8)6-20-12-10-11(17-7-16-10)18-13(15)19-12/h5-13,18,37H,14-17H2,2H3,(H,31,38)(H3,29,32,33,34,35);5-9,18H,10-11H2,2H3,(H,19,20);1-4,7H,5-6,14H2,(H3,15,16,17,18,19)/b23-5-;14-5-;. The third kappa shape index (κ3) is 17.4. The molecule has 0 unspecified atom stereocenters. The fraction of sp³-hybridized carbons (Fsp3) is 0.179. The Bertz CT molecular complexity index is 3620. The van der Waals surface area contributed by atoms with Gasteiger partial charge in [-0.05, 0) is 70.8 Å². The first-order valence-corrected chi connectivity index (χ1v) is 23.9. The Balaban J connectivity index is 0.000000211. The van der Waals surface area contributed by atoms with Gasteiger partial charge in [-0.2, -0.15) is 19.9 Å². The van der Waals surface area contributed by atoms with E-state index in [1.807, 2.05) is 109 Å². The summed E-state index contributed by atoms with van der Waals surface area (Å²) in [6.07, 6.45) is 5.42.